The van der Waals surface area contributed by atoms with Gasteiger partial charge < -0.3 is 19.9 Å². The highest BCUT2D eigenvalue weighted by Gasteiger charge is 2.15. The molecule has 0 fully saturated rings. The number of anilines is 1. The third-order valence-corrected chi connectivity index (χ3v) is 3.79. The Morgan fingerprint density at radius 1 is 1.00 bits per heavy atom. The van der Waals surface area contributed by atoms with Gasteiger partial charge in [0.25, 0.3) is 0 Å². The minimum Gasteiger partial charge on any atom is -0.478 e. The van der Waals surface area contributed by atoms with Gasteiger partial charge >= 0.3 is 19.2 Å². The van der Waals surface area contributed by atoms with Gasteiger partial charge in [0, 0.05) is 10.5 Å². The molecular weight excluding hydrogens is 466 g/mol. The summed E-state index contributed by atoms with van der Waals surface area (Å²) in [5.74, 6) is -3.19. The van der Waals surface area contributed by atoms with E-state index in [2.05, 4.69) is 30.7 Å². The predicted octanol–water partition coefficient (Wildman–Crippen LogP) is 5.00. The molecule has 0 saturated carbocycles. The van der Waals surface area contributed by atoms with Crippen LogP contribution in [0.2, 0.25) is 0 Å². The molecule has 6 nitrogen and oxygen atoms in total. The fourth-order valence-corrected chi connectivity index (χ4v) is 2.52. The Balaban J connectivity index is 2.18. The summed E-state index contributed by atoms with van der Waals surface area (Å²) in [6.45, 7) is -6.51. The van der Waals surface area contributed by atoms with Crippen molar-refractivity contribution in [1.82, 2.24) is 0 Å². The number of benzene rings is 2. The molecule has 0 aliphatic rings. The monoisotopic (exact) mass is 477 g/mol. The Bertz CT molecular complexity index is 936. The number of hydrogen-bond donors (Lipinski definition) is 2. The van der Waals surface area contributed by atoms with Crippen LogP contribution in [0.1, 0.15) is 15.9 Å². The zero-order valence-electron chi connectivity index (χ0n) is 14.2. The molecule has 2 aromatic carbocycles. The minimum absolute atomic E-state index is 0.0396. The molecule has 0 spiro atoms. The van der Waals surface area contributed by atoms with Crippen molar-refractivity contribution >= 4 is 39.6 Å². The lowest BCUT2D eigenvalue weighted by Gasteiger charge is -2.12. The second-order valence-corrected chi connectivity index (χ2v) is 6.20. The molecule has 0 atom stereocenters. The molecule has 0 unspecified atom stereocenters. The first kappa shape index (κ1) is 22.2. The van der Waals surface area contributed by atoms with E-state index in [1.165, 1.54) is 30.3 Å². The van der Waals surface area contributed by atoms with Gasteiger partial charge in [-0.15, -0.1) is 0 Å². The van der Waals surface area contributed by atoms with E-state index >= 15 is 0 Å². The number of ether oxygens (including phenoxy) is 2. The first-order valence-electron chi connectivity index (χ1n) is 7.71. The van der Waals surface area contributed by atoms with Crippen LogP contribution in [0.5, 0.6) is 11.5 Å². The van der Waals surface area contributed by atoms with Crippen molar-refractivity contribution in [3.63, 3.8) is 0 Å². The number of amides is 1. The van der Waals surface area contributed by atoms with Gasteiger partial charge in [-0.1, -0.05) is 22.0 Å². The molecule has 0 heterocycles. The second kappa shape index (κ2) is 9.92. The van der Waals surface area contributed by atoms with E-state index in [9.17, 15) is 32.3 Å². The fourth-order valence-electron chi connectivity index (χ4n) is 2.16. The first-order chi connectivity index (χ1) is 13.7. The van der Waals surface area contributed by atoms with Gasteiger partial charge in [0.1, 0.15) is 0 Å². The molecule has 0 aromatic heterocycles. The van der Waals surface area contributed by atoms with Crippen molar-refractivity contribution in [2.45, 2.75) is 13.2 Å². The van der Waals surface area contributed by atoms with Gasteiger partial charge in [-0.3, -0.25) is 4.79 Å². The van der Waals surface area contributed by atoms with Crippen molar-refractivity contribution in [3.8, 4) is 11.5 Å². The molecule has 29 heavy (non-hydrogen) atoms. The van der Waals surface area contributed by atoms with Crippen molar-refractivity contribution in [1.29, 1.82) is 0 Å². The lowest BCUT2D eigenvalue weighted by molar-refractivity contribution is -0.111. The number of nitrogens with one attached hydrogen (secondary N) is 1. The highest BCUT2D eigenvalue weighted by Crippen LogP contribution is 2.31. The molecule has 0 aliphatic carbocycles. The van der Waals surface area contributed by atoms with Crippen LogP contribution in [0.3, 0.4) is 0 Å². The van der Waals surface area contributed by atoms with Gasteiger partial charge in [-0.2, -0.15) is 17.6 Å². The Morgan fingerprint density at radius 3 is 2.28 bits per heavy atom. The maximum absolute atomic E-state index is 12.5. The highest BCUT2D eigenvalue weighted by atomic mass is 79.9. The summed E-state index contributed by atoms with van der Waals surface area (Å²) in [7, 11) is 0. The molecule has 2 rings (SSSR count). The molecule has 0 saturated heterocycles. The van der Waals surface area contributed by atoms with Crippen LogP contribution in [0.25, 0.3) is 6.08 Å². The molecule has 11 heteroatoms. The van der Waals surface area contributed by atoms with Gasteiger partial charge in [-0.25, -0.2) is 4.79 Å². The number of carbonyl (C=O) groups excluding carboxylic acids is 1. The van der Waals surface area contributed by atoms with E-state index < -0.39 is 36.6 Å². The number of carboxylic acid groups (broad SMARTS) is 1. The standard InChI is InChI=1S/C18H12BrF4NO5/c19-10-3-4-12(11(8-10)16(26)27)24-15(25)6-2-9-1-5-13(28-17(20)21)14(7-9)29-18(22)23/h1-8,17-18H,(H,24,25)(H,26,27)/b6-2+. The zero-order chi connectivity index (χ0) is 21.6. The molecule has 0 radical (unpaired) electrons. The summed E-state index contributed by atoms with van der Waals surface area (Å²) in [5, 5.41) is 11.5. The van der Waals surface area contributed by atoms with Crippen molar-refractivity contribution < 1.29 is 41.7 Å². The van der Waals surface area contributed by atoms with Crippen LogP contribution in [0.4, 0.5) is 23.2 Å². The zero-order valence-corrected chi connectivity index (χ0v) is 15.8. The predicted molar refractivity (Wildman–Crippen MR) is 98.5 cm³/mol. The van der Waals surface area contributed by atoms with Gasteiger partial charge in [-0.05, 0) is 42.0 Å². The van der Waals surface area contributed by atoms with Crippen molar-refractivity contribution in [3.05, 3.63) is 58.1 Å². The van der Waals surface area contributed by atoms with E-state index in [4.69, 9.17) is 0 Å². The average Bonchev–Trinajstić information content (AvgIpc) is 2.62. The van der Waals surface area contributed by atoms with Crippen LogP contribution >= 0.6 is 15.9 Å². The third-order valence-electron chi connectivity index (χ3n) is 3.30. The van der Waals surface area contributed by atoms with Crippen LogP contribution in [0, 0.1) is 0 Å². The number of carboxylic acids is 1. The number of alkyl halides is 4. The quantitative estimate of drug-likeness (QED) is 0.412. The Kier molecular flexibility index (Phi) is 7.59. The highest BCUT2D eigenvalue weighted by molar-refractivity contribution is 9.10. The molecule has 0 bridgehead atoms. The topological polar surface area (TPSA) is 84.9 Å². The molecular formula is C18H12BrF4NO5. The van der Waals surface area contributed by atoms with E-state index in [1.807, 2.05) is 0 Å². The summed E-state index contributed by atoms with van der Waals surface area (Å²) in [6.07, 6.45) is 2.20. The maximum atomic E-state index is 12.5. The van der Waals surface area contributed by atoms with Crippen LogP contribution in [0.15, 0.2) is 46.9 Å². The fraction of sp³-hybridized carbons (Fsp3) is 0.111. The van der Waals surface area contributed by atoms with Gasteiger partial charge in [0.15, 0.2) is 11.5 Å². The van der Waals surface area contributed by atoms with Crippen LogP contribution in [-0.4, -0.2) is 30.2 Å². The summed E-state index contributed by atoms with van der Waals surface area (Å²) in [4.78, 5) is 23.3. The maximum Gasteiger partial charge on any atom is 0.387 e. The number of halogens is 5. The molecule has 0 aliphatic heterocycles. The third kappa shape index (κ3) is 6.79. The minimum atomic E-state index is -3.27. The Labute approximate surface area is 169 Å². The van der Waals surface area contributed by atoms with Crippen LogP contribution < -0.4 is 14.8 Å². The van der Waals surface area contributed by atoms with E-state index in [-0.39, 0.29) is 16.8 Å². The van der Waals surface area contributed by atoms with E-state index in [0.29, 0.717) is 4.47 Å². The first-order valence-corrected chi connectivity index (χ1v) is 8.50. The largest absolute Gasteiger partial charge is 0.478 e. The lowest BCUT2D eigenvalue weighted by atomic mass is 10.1. The van der Waals surface area contributed by atoms with E-state index in [1.54, 1.807) is 0 Å². The number of carbonyl (C=O) groups is 2. The number of aromatic carboxylic acids is 1. The summed E-state index contributed by atoms with van der Waals surface area (Å²) >= 11 is 3.12. The van der Waals surface area contributed by atoms with Gasteiger partial charge in [0.05, 0.1) is 11.3 Å². The average molecular weight is 478 g/mol. The number of hydrogen-bond acceptors (Lipinski definition) is 4. The van der Waals surface area contributed by atoms with Crippen molar-refractivity contribution in [2.75, 3.05) is 5.32 Å². The second-order valence-electron chi connectivity index (χ2n) is 5.28. The smallest absolute Gasteiger partial charge is 0.387 e. The summed E-state index contributed by atoms with van der Waals surface area (Å²) in [6, 6.07) is 7.42. The number of rotatable bonds is 8. The Morgan fingerprint density at radius 2 is 1.66 bits per heavy atom. The Hall–Kier alpha value is -3.08. The molecule has 2 N–H and O–H groups in total. The van der Waals surface area contributed by atoms with Crippen LogP contribution in [-0.2, 0) is 4.79 Å². The SMILES string of the molecule is O=C(/C=C/c1ccc(OC(F)F)c(OC(F)F)c1)Nc1ccc(Br)cc1C(=O)O. The lowest BCUT2D eigenvalue weighted by Crippen LogP contribution is -2.12. The normalized spacial score (nSPS) is 11.1. The van der Waals surface area contributed by atoms with Crippen molar-refractivity contribution in [2.24, 2.45) is 0 Å². The molecule has 2 aromatic rings. The van der Waals surface area contributed by atoms with E-state index in [0.717, 1.165) is 18.2 Å². The molecule has 1 amide bonds. The summed E-state index contributed by atoms with van der Waals surface area (Å²) in [5.41, 5.74) is 0.0617. The summed E-state index contributed by atoms with van der Waals surface area (Å²) < 4.78 is 58.3. The molecule has 154 valence electrons. The van der Waals surface area contributed by atoms with Gasteiger partial charge in [0.2, 0.25) is 5.91 Å².